The summed E-state index contributed by atoms with van der Waals surface area (Å²) < 4.78 is 13.0. The lowest BCUT2D eigenvalue weighted by molar-refractivity contribution is -0.133. The number of benzene rings is 1. The Morgan fingerprint density at radius 3 is 2.58 bits per heavy atom. The van der Waals surface area contributed by atoms with Crippen molar-refractivity contribution in [3.63, 3.8) is 0 Å². The summed E-state index contributed by atoms with van der Waals surface area (Å²) in [4.78, 5) is 14.5. The van der Waals surface area contributed by atoms with Gasteiger partial charge in [0.2, 0.25) is 5.91 Å². The number of likely N-dealkylation sites (tertiary alicyclic amines) is 1. The van der Waals surface area contributed by atoms with Gasteiger partial charge in [0, 0.05) is 25.6 Å². The maximum Gasteiger partial charge on any atom is 0.233 e. The fourth-order valence-electron chi connectivity index (χ4n) is 2.99. The molecule has 3 rings (SSSR count). The van der Waals surface area contributed by atoms with E-state index in [4.69, 9.17) is 5.11 Å². The van der Waals surface area contributed by atoms with E-state index in [9.17, 15) is 9.18 Å². The molecule has 1 aromatic carbocycles. The number of carbonyl (C=O) groups excluding carboxylic acids is 1. The second kappa shape index (κ2) is 4.60. The Bertz CT molecular complexity index is 481. The van der Waals surface area contributed by atoms with Gasteiger partial charge in [-0.05, 0) is 37.0 Å². The van der Waals surface area contributed by atoms with Crippen molar-refractivity contribution < 1.29 is 14.3 Å². The monoisotopic (exact) mass is 263 g/mol. The number of aliphatic hydroxyl groups is 1. The number of nitrogens with zero attached hydrogens (tertiary/aromatic N) is 1. The van der Waals surface area contributed by atoms with E-state index < -0.39 is 5.41 Å². The highest BCUT2D eigenvalue weighted by Gasteiger charge is 2.53. The summed E-state index contributed by atoms with van der Waals surface area (Å²) in [6.45, 7) is 1.53. The lowest BCUT2D eigenvalue weighted by Gasteiger charge is -2.23. The molecule has 1 aromatic rings. The van der Waals surface area contributed by atoms with Crippen LogP contribution >= 0.6 is 0 Å². The smallest absolute Gasteiger partial charge is 0.233 e. The molecule has 1 atom stereocenters. The molecule has 4 heteroatoms. The number of amides is 1. The van der Waals surface area contributed by atoms with Crippen molar-refractivity contribution in [3.05, 3.63) is 35.6 Å². The highest BCUT2D eigenvalue weighted by molar-refractivity contribution is 5.91. The van der Waals surface area contributed by atoms with E-state index in [-0.39, 0.29) is 24.2 Å². The predicted molar refractivity (Wildman–Crippen MR) is 69.1 cm³/mol. The molecule has 19 heavy (non-hydrogen) atoms. The molecule has 0 aromatic heterocycles. The van der Waals surface area contributed by atoms with E-state index in [1.54, 1.807) is 12.1 Å². The molecule has 1 aliphatic heterocycles. The Kier molecular flexibility index (Phi) is 3.05. The third kappa shape index (κ3) is 2.14. The molecule has 2 fully saturated rings. The van der Waals surface area contributed by atoms with Gasteiger partial charge in [-0.15, -0.1) is 0 Å². The normalized spacial score (nSPS) is 24.5. The van der Waals surface area contributed by atoms with Gasteiger partial charge in [0.15, 0.2) is 0 Å². The molecule has 1 saturated carbocycles. The van der Waals surface area contributed by atoms with Gasteiger partial charge >= 0.3 is 0 Å². The first-order valence-electron chi connectivity index (χ1n) is 6.82. The van der Waals surface area contributed by atoms with Crippen LogP contribution in [-0.4, -0.2) is 35.6 Å². The molecule has 1 amide bonds. The average molecular weight is 263 g/mol. The largest absolute Gasteiger partial charge is 0.396 e. The van der Waals surface area contributed by atoms with Crippen molar-refractivity contribution in [2.24, 2.45) is 5.92 Å². The minimum Gasteiger partial charge on any atom is -0.396 e. The lowest BCUT2D eigenvalue weighted by Crippen LogP contribution is -2.38. The average Bonchev–Trinajstić information content (AvgIpc) is 3.09. The van der Waals surface area contributed by atoms with E-state index in [1.165, 1.54) is 12.1 Å². The maximum absolute atomic E-state index is 13.0. The second-order valence-corrected chi connectivity index (χ2v) is 5.68. The number of rotatable bonds is 3. The third-order valence-electron chi connectivity index (χ3n) is 4.39. The molecule has 1 N–H and O–H groups in total. The molecule has 0 spiro atoms. The lowest BCUT2D eigenvalue weighted by atomic mass is 9.94. The molecule has 1 heterocycles. The maximum atomic E-state index is 13.0. The van der Waals surface area contributed by atoms with Crippen LogP contribution in [0.15, 0.2) is 24.3 Å². The molecular formula is C15H18FNO2. The summed E-state index contributed by atoms with van der Waals surface area (Å²) in [6.07, 6.45) is 2.57. The third-order valence-corrected chi connectivity index (χ3v) is 4.39. The highest BCUT2D eigenvalue weighted by atomic mass is 19.1. The molecular weight excluding hydrogens is 245 g/mol. The zero-order chi connectivity index (χ0) is 13.5. The van der Waals surface area contributed by atoms with E-state index in [0.717, 1.165) is 31.4 Å². The van der Waals surface area contributed by atoms with Gasteiger partial charge in [-0.2, -0.15) is 0 Å². The first-order valence-corrected chi connectivity index (χ1v) is 6.82. The predicted octanol–water partition coefficient (Wildman–Crippen LogP) is 1.70. The van der Waals surface area contributed by atoms with Crippen LogP contribution in [0.2, 0.25) is 0 Å². The topological polar surface area (TPSA) is 40.5 Å². The molecule has 0 radical (unpaired) electrons. The van der Waals surface area contributed by atoms with Gasteiger partial charge in [0.05, 0.1) is 5.41 Å². The fourth-order valence-corrected chi connectivity index (χ4v) is 2.99. The number of halogens is 1. The summed E-state index contributed by atoms with van der Waals surface area (Å²) in [7, 11) is 0. The van der Waals surface area contributed by atoms with Gasteiger partial charge < -0.3 is 10.0 Å². The van der Waals surface area contributed by atoms with Crippen molar-refractivity contribution in [2.75, 3.05) is 19.7 Å². The van der Waals surface area contributed by atoms with Crippen LogP contribution in [-0.2, 0) is 10.2 Å². The second-order valence-electron chi connectivity index (χ2n) is 5.68. The van der Waals surface area contributed by atoms with Crippen molar-refractivity contribution >= 4 is 5.91 Å². The Hall–Kier alpha value is -1.42. The summed E-state index contributed by atoms with van der Waals surface area (Å²) in [5.41, 5.74) is 0.504. The number of hydrogen-bond acceptors (Lipinski definition) is 2. The summed E-state index contributed by atoms with van der Waals surface area (Å²) in [6, 6.07) is 6.28. The van der Waals surface area contributed by atoms with Gasteiger partial charge in [-0.1, -0.05) is 12.1 Å². The van der Waals surface area contributed by atoms with Crippen LogP contribution in [0.3, 0.4) is 0 Å². The SMILES string of the molecule is O=C(N1CCC(CO)C1)C1(c2ccc(F)cc2)CC1. The molecule has 1 saturated heterocycles. The molecule has 102 valence electrons. The Morgan fingerprint density at radius 2 is 2.05 bits per heavy atom. The van der Waals surface area contributed by atoms with Crippen molar-refractivity contribution in [2.45, 2.75) is 24.7 Å². The molecule has 0 bridgehead atoms. The minimum absolute atomic E-state index is 0.146. The summed E-state index contributed by atoms with van der Waals surface area (Å²) in [5, 5.41) is 9.15. The van der Waals surface area contributed by atoms with Gasteiger partial charge in [-0.25, -0.2) is 4.39 Å². The quantitative estimate of drug-likeness (QED) is 0.901. The number of carbonyl (C=O) groups is 1. The van der Waals surface area contributed by atoms with Crippen molar-refractivity contribution in [3.8, 4) is 0 Å². The minimum atomic E-state index is -0.419. The Balaban J connectivity index is 1.78. The van der Waals surface area contributed by atoms with Crippen molar-refractivity contribution in [1.82, 2.24) is 4.90 Å². The van der Waals surface area contributed by atoms with Crippen LogP contribution in [0.5, 0.6) is 0 Å². The number of hydrogen-bond donors (Lipinski definition) is 1. The standard InChI is InChI=1S/C15H18FNO2/c16-13-3-1-12(2-4-13)15(6-7-15)14(19)17-8-5-11(9-17)10-18/h1-4,11,18H,5-10H2. The molecule has 3 nitrogen and oxygen atoms in total. The molecule has 1 unspecified atom stereocenters. The zero-order valence-corrected chi connectivity index (χ0v) is 10.8. The van der Waals surface area contributed by atoms with Crippen molar-refractivity contribution in [1.29, 1.82) is 0 Å². The van der Waals surface area contributed by atoms with E-state index in [1.807, 2.05) is 4.90 Å². The van der Waals surface area contributed by atoms with Gasteiger partial charge in [0.25, 0.3) is 0 Å². The molecule has 1 aliphatic carbocycles. The van der Waals surface area contributed by atoms with Crippen LogP contribution < -0.4 is 0 Å². The van der Waals surface area contributed by atoms with E-state index >= 15 is 0 Å². The number of aliphatic hydroxyl groups excluding tert-OH is 1. The van der Waals surface area contributed by atoms with E-state index in [2.05, 4.69) is 0 Å². The molecule has 2 aliphatic rings. The Labute approximate surface area is 112 Å². The Morgan fingerprint density at radius 1 is 1.37 bits per heavy atom. The van der Waals surface area contributed by atoms with Crippen LogP contribution in [0, 0.1) is 11.7 Å². The fraction of sp³-hybridized carbons (Fsp3) is 0.533. The summed E-state index contributed by atoms with van der Waals surface area (Å²) >= 11 is 0. The highest BCUT2D eigenvalue weighted by Crippen LogP contribution is 2.50. The van der Waals surface area contributed by atoms with Crippen LogP contribution in [0.4, 0.5) is 4.39 Å². The van der Waals surface area contributed by atoms with Gasteiger partial charge in [0.1, 0.15) is 5.82 Å². The van der Waals surface area contributed by atoms with Crippen LogP contribution in [0.25, 0.3) is 0 Å². The first kappa shape index (κ1) is 12.6. The van der Waals surface area contributed by atoms with E-state index in [0.29, 0.717) is 6.54 Å². The first-order chi connectivity index (χ1) is 9.15. The van der Waals surface area contributed by atoms with Crippen LogP contribution in [0.1, 0.15) is 24.8 Å². The summed E-state index contributed by atoms with van der Waals surface area (Å²) in [5.74, 6) is 0.0940. The van der Waals surface area contributed by atoms with Gasteiger partial charge in [-0.3, -0.25) is 4.79 Å². The zero-order valence-electron chi connectivity index (χ0n) is 10.8.